The number of hydrogen-bond acceptors (Lipinski definition) is 5. The van der Waals surface area contributed by atoms with Crippen molar-refractivity contribution in [2.45, 2.75) is 12.5 Å². The summed E-state index contributed by atoms with van der Waals surface area (Å²) < 4.78 is 1.98. The van der Waals surface area contributed by atoms with Gasteiger partial charge >= 0.3 is 0 Å². The lowest BCUT2D eigenvalue weighted by Gasteiger charge is -2.08. The maximum atomic E-state index is 9.88. The minimum atomic E-state index is 0.114. The van der Waals surface area contributed by atoms with E-state index in [1.54, 1.807) is 18.3 Å². The van der Waals surface area contributed by atoms with E-state index in [4.69, 9.17) is 16.7 Å². The van der Waals surface area contributed by atoms with E-state index < -0.39 is 0 Å². The number of phenols is 1. The number of nitrogens with one attached hydrogen (secondary N) is 1. The third-order valence-corrected chi connectivity index (χ3v) is 4.37. The molecule has 7 heteroatoms. The second-order valence-corrected chi connectivity index (χ2v) is 6.25. The van der Waals surface area contributed by atoms with Crippen molar-refractivity contribution in [2.24, 2.45) is 0 Å². The van der Waals surface area contributed by atoms with E-state index in [0.29, 0.717) is 11.1 Å². The predicted octanol–water partition coefficient (Wildman–Crippen LogP) is 2.90. The first-order valence-corrected chi connectivity index (χ1v) is 8.15. The molecule has 2 N–H and O–H groups in total. The fourth-order valence-electron chi connectivity index (χ4n) is 3.01. The first-order valence-electron chi connectivity index (χ1n) is 7.77. The molecule has 4 rings (SSSR count). The summed E-state index contributed by atoms with van der Waals surface area (Å²) in [4.78, 5) is 8.32. The minimum absolute atomic E-state index is 0.114. The third kappa shape index (κ3) is 2.86. The zero-order valence-corrected chi connectivity index (χ0v) is 13.6. The van der Waals surface area contributed by atoms with Gasteiger partial charge in [0, 0.05) is 35.1 Å². The minimum Gasteiger partial charge on any atom is -0.508 e. The van der Waals surface area contributed by atoms with Gasteiger partial charge in [-0.3, -0.25) is 4.68 Å². The zero-order chi connectivity index (χ0) is 16.5. The van der Waals surface area contributed by atoms with Crippen LogP contribution >= 0.6 is 11.6 Å². The Labute approximate surface area is 144 Å². The van der Waals surface area contributed by atoms with Crippen LogP contribution in [0, 0.1) is 0 Å². The first-order chi connectivity index (χ1) is 11.7. The smallest absolute Gasteiger partial charge is 0.117 e. The molecule has 2 aromatic heterocycles. The number of benzene rings is 1. The Kier molecular flexibility index (Phi) is 3.92. The van der Waals surface area contributed by atoms with Crippen LogP contribution in [0.5, 0.6) is 5.75 Å². The summed E-state index contributed by atoms with van der Waals surface area (Å²) in [7, 11) is 0. The number of aromatic hydroxyl groups is 1. The van der Waals surface area contributed by atoms with Crippen LogP contribution in [0.1, 0.15) is 12.5 Å². The maximum absolute atomic E-state index is 9.88. The number of rotatable bonds is 3. The van der Waals surface area contributed by atoms with Crippen molar-refractivity contribution in [1.82, 2.24) is 25.1 Å². The van der Waals surface area contributed by atoms with Gasteiger partial charge in [-0.25, -0.2) is 9.97 Å². The fraction of sp³-hybridized carbons (Fsp3) is 0.235. The van der Waals surface area contributed by atoms with Crippen molar-refractivity contribution in [1.29, 1.82) is 0 Å². The standard InChI is InChI=1S/C17H16ClN5O/c18-12-5-11(6-14(24)7-12)17-15(16-2-4-20-10-21-16)9-23(22-17)13-1-3-19-8-13/h2,4-7,9-10,13,19,24H,1,3,8H2/t13-/m0/s1. The molecule has 6 nitrogen and oxygen atoms in total. The second kappa shape index (κ2) is 6.22. The highest BCUT2D eigenvalue weighted by atomic mass is 35.5. The lowest BCUT2D eigenvalue weighted by Crippen LogP contribution is -2.13. The van der Waals surface area contributed by atoms with Gasteiger partial charge in [-0.2, -0.15) is 5.10 Å². The van der Waals surface area contributed by atoms with Crippen LogP contribution in [0.25, 0.3) is 22.5 Å². The van der Waals surface area contributed by atoms with Crippen LogP contribution in [0.3, 0.4) is 0 Å². The van der Waals surface area contributed by atoms with Gasteiger partial charge in [-0.1, -0.05) is 11.6 Å². The third-order valence-electron chi connectivity index (χ3n) is 4.15. The van der Waals surface area contributed by atoms with E-state index in [-0.39, 0.29) is 5.75 Å². The highest BCUT2D eigenvalue weighted by Gasteiger charge is 2.22. The number of nitrogens with zero attached hydrogens (tertiary/aromatic N) is 4. The lowest BCUT2D eigenvalue weighted by molar-refractivity contribution is 0.475. The van der Waals surface area contributed by atoms with Crippen molar-refractivity contribution in [3.05, 3.63) is 48.0 Å². The molecule has 0 saturated carbocycles. The lowest BCUT2D eigenvalue weighted by atomic mass is 10.1. The first kappa shape index (κ1) is 15.1. The number of hydrogen-bond donors (Lipinski definition) is 2. The summed E-state index contributed by atoms with van der Waals surface area (Å²) in [6.07, 6.45) is 6.26. The monoisotopic (exact) mass is 341 g/mol. The van der Waals surface area contributed by atoms with Gasteiger partial charge in [0.1, 0.15) is 17.8 Å². The van der Waals surface area contributed by atoms with Crippen molar-refractivity contribution in [3.63, 3.8) is 0 Å². The van der Waals surface area contributed by atoms with Gasteiger partial charge in [0.2, 0.25) is 0 Å². The zero-order valence-electron chi connectivity index (χ0n) is 12.9. The molecular formula is C17H16ClN5O. The van der Waals surface area contributed by atoms with Crippen LogP contribution < -0.4 is 5.32 Å². The SMILES string of the molecule is Oc1cc(Cl)cc(-c2nn([C@H]3CCNC3)cc2-c2ccncn2)c1. The van der Waals surface area contributed by atoms with Crippen molar-refractivity contribution < 1.29 is 5.11 Å². The van der Waals surface area contributed by atoms with E-state index in [2.05, 4.69) is 15.3 Å². The molecule has 122 valence electrons. The molecule has 24 heavy (non-hydrogen) atoms. The molecule has 3 aromatic rings. The molecule has 0 amide bonds. The van der Waals surface area contributed by atoms with Gasteiger partial charge in [-0.15, -0.1) is 0 Å². The predicted molar refractivity (Wildman–Crippen MR) is 91.9 cm³/mol. The summed E-state index contributed by atoms with van der Waals surface area (Å²) in [6, 6.07) is 7.13. The van der Waals surface area contributed by atoms with Crippen molar-refractivity contribution in [3.8, 4) is 28.3 Å². The van der Waals surface area contributed by atoms with Crippen LogP contribution in [0.4, 0.5) is 0 Å². The molecule has 1 fully saturated rings. The van der Waals surface area contributed by atoms with Crippen molar-refractivity contribution in [2.75, 3.05) is 13.1 Å². The molecule has 1 saturated heterocycles. The average Bonchev–Trinajstić information content (AvgIpc) is 3.24. The van der Waals surface area contributed by atoms with Crippen LogP contribution in [0.15, 0.2) is 43.0 Å². The normalized spacial score (nSPS) is 17.3. The maximum Gasteiger partial charge on any atom is 0.117 e. The van der Waals surface area contributed by atoms with E-state index in [1.807, 2.05) is 16.9 Å². The van der Waals surface area contributed by atoms with E-state index >= 15 is 0 Å². The molecule has 0 aliphatic carbocycles. The molecular weight excluding hydrogens is 326 g/mol. The van der Waals surface area contributed by atoms with E-state index in [9.17, 15) is 5.11 Å². The van der Waals surface area contributed by atoms with Crippen LogP contribution in [0.2, 0.25) is 5.02 Å². The molecule has 3 heterocycles. The number of halogens is 1. The van der Waals surface area contributed by atoms with Crippen molar-refractivity contribution >= 4 is 11.6 Å². The molecule has 1 atom stereocenters. The summed E-state index contributed by atoms with van der Waals surface area (Å²) in [6.45, 7) is 1.88. The molecule has 0 bridgehead atoms. The Bertz CT molecular complexity index is 838. The fourth-order valence-corrected chi connectivity index (χ4v) is 3.23. The second-order valence-electron chi connectivity index (χ2n) is 5.81. The van der Waals surface area contributed by atoms with E-state index in [0.717, 1.165) is 42.0 Å². The summed E-state index contributed by atoms with van der Waals surface area (Å²) in [5, 5.41) is 18.5. The molecule has 0 spiro atoms. The largest absolute Gasteiger partial charge is 0.508 e. The average molecular weight is 342 g/mol. The Balaban J connectivity index is 1.87. The molecule has 0 radical (unpaired) electrons. The van der Waals surface area contributed by atoms with Gasteiger partial charge in [0.05, 0.1) is 11.7 Å². The summed E-state index contributed by atoms with van der Waals surface area (Å²) in [5.41, 5.74) is 3.19. The Morgan fingerprint density at radius 2 is 2.21 bits per heavy atom. The van der Waals surface area contributed by atoms with Gasteiger partial charge in [0.15, 0.2) is 0 Å². The summed E-state index contributed by atoms with van der Waals surface area (Å²) in [5.74, 6) is 0.114. The number of aromatic nitrogens is 4. The highest BCUT2D eigenvalue weighted by Crippen LogP contribution is 2.34. The highest BCUT2D eigenvalue weighted by molar-refractivity contribution is 6.31. The van der Waals surface area contributed by atoms with Gasteiger partial charge in [-0.05, 0) is 37.2 Å². The molecule has 1 aliphatic rings. The molecule has 0 unspecified atom stereocenters. The molecule has 1 aliphatic heterocycles. The van der Waals surface area contributed by atoms with Crippen LogP contribution in [-0.4, -0.2) is 37.9 Å². The molecule has 1 aromatic carbocycles. The van der Waals surface area contributed by atoms with Gasteiger partial charge < -0.3 is 10.4 Å². The van der Waals surface area contributed by atoms with E-state index in [1.165, 1.54) is 12.4 Å². The Morgan fingerprint density at radius 3 is 2.92 bits per heavy atom. The quantitative estimate of drug-likeness (QED) is 0.766. The van der Waals surface area contributed by atoms with Gasteiger partial charge in [0.25, 0.3) is 0 Å². The Morgan fingerprint density at radius 1 is 1.29 bits per heavy atom. The Hall–Kier alpha value is -2.44. The topological polar surface area (TPSA) is 75.9 Å². The number of phenolic OH excluding ortho intramolecular Hbond substituents is 1. The summed E-state index contributed by atoms with van der Waals surface area (Å²) >= 11 is 6.10. The van der Waals surface area contributed by atoms with Crippen LogP contribution in [-0.2, 0) is 0 Å².